The third kappa shape index (κ3) is 5.94. The van der Waals surface area contributed by atoms with Gasteiger partial charge in [0.15, 0.2) is 0 Å². The first kappa shape index (κ1) is 20.6. The largest absolute Gasteiger partial charge is 0.494 e. The van der Waals surface area contributed by atoms with Crippen LogP contribution >= 0.6 is 0 Å². The van der Waals surface area contributed by atoms with Crippen LogP contribution in [0.5, 0.6) is 11.5 Å². The van der Waals surface area contributed by atoms with Gasteiger partial charge in [-0.1, -0.05) is 24.3 Å². The van der Waals surface area contributed by atoms with Crippen molar-refractivity contribution in [2.45, 2.75) is 13.5 Å². The molecule has 3 rings (SSSR count). The Kier molecular flexibility index (Phi) is 7.17. The Morgan fingerprint density at radius 1 is 1.03 bits per heavy atom. The number of carbonyl (C=O) groups is 1. The van der Waals surface area contributed by atoms with Crippen LogP contribution in [0.2, 0.25) is 0 Å². The summed E-state index contributed by atoms with van der Waals surface area (Å²) in [5, 5.41) is 12.9. The molecule has 3 aromatic rings. The van der Waals surface area contributed by atoms with Gasteiger partial charge >= 0.3 is 0 Å². The number of ether oxygens (including phenoxy) is 2. The van der Waals surface area contributed by atoms with Crippen molar-refractivity contribution in [3.8, 4) is 17.6 Å². The third-order valence-corrected chi connectivity index (χ3v) is 4.15. The van der Waals surface area contributed by atoms with Crippen molar-refractivity contribution in [1.82, 2.24) is 5.43 Å². The number of hydrogen-bond acceptors (Lipinski definition) is 5. The molecular weight excluding hydrogens is 378 g/mol. The number of amides is 1. The summed E-state index contributed by atoms with van der Waals surface area (Å²) in [4.78, 5) is 12.2. The molecule has 0 aliphatic heterocycles. The Morgan fingerprint density at radius 3 is 2.50 bits per heavy atom. The summed E-state index contributed by atoms with van der Waals surface area (Å²) in [5.41, 5.74) is 5.38. The van der Waals surface area contributed by atoms with Crippen LogP contribution in [0.1, 0.15) is 34.0 Å². The summed E-state index contributed by atoms with van der Waals surface area (Å²) in [6.07, 6.45) is 1.56. The van der Waals surface area contributed by atoms with Gasteiger partial charge in [0, 0.05) is 5.56 Å². The second-order valence-corrected chi connectivity index (χ2v) is 6.33. The first-order valence-electron chi connectivity index (χ1n) is 9.46. The van der Waals surface area contributed by atoms with Crippen LogP contribution in [-0.2, 0) is 6.61 Å². The molecule has 0 saturated heterocycles. The number of hydrazone groups is 1. The van der Waals surface area contributed by atoms with Gasteiger partial charge < -0.3 is 9.47 Å². The Bertz CT molecular complexity index is 1050. The molecule has 0 radical (unpaired) electrons. The van der Waals surface area contributed by atoms with Crippen molar-refractivity contribution >= 4 is 12.1 Å². The second-order valence-electron chi connectivity index (χ2n) is 6.33. The van der Waals surface area contributed by atoms with Gasteiger partial charge in [-0.3, -0.25) is 4.79 Å². The molecule has 0 unspecified atom stereocenters. The Balaban J connectivity index is 1.54. The van der Waals surface area contributed by atoms with Gasteiger partial charge in [0.1, 0.15) is 18.1 Å². The smallest absolute Gasteiger partial charge is 0.271 e. The van der Waals surface area contributed by atoms with Gasteiger partial charge in [0.25, 0.3) is 5.91 Å². The number of nitriles is 1. The highest BCUT2D eigenvalue weighted by Crippen LogP contribution is 2.15. The Labute approximate surface area is 175 Å². The normalized spacial score (nSPS) is 10.4. The summed E-state index contributed by atoms with van der Waals surface area (Å²) >= 11 is 0. The number of benzene rings is 3. The van der Waals surface area contributed by atoms with Crippen LogP contribution in [0.3, 0.4) is 0 Å². The molecule has 0 spiro atoms. The van der Waals surface area contributed by atoms with Crippen LogP contribution in [-0.4, -0.2) is 18.7 Å². The average molecular weight is 399 g/mol. The monoisotopic (exact) mass is 399 g/mol. The molecule has 0 bridgehead atoms. The van der Waals surface area contributed by atoms with Crippen LogP contribution in [0.4, 0.5) is 0 Å². The highest BCUT2D eigenvalue weighted by molar-refractivity contribution is 5.95. The molecular formula is C24H21N3O3. The fourth-order valence-corrected chi connectivity index (χ4v) is 2.63. The molecule has 0 atom stereocenters. The first-order valence-corrected chi connectivity index (χ1v) is 9.46. The minimum Gasteiger partial charge on any atom is -0.494 e. The van der Waals surface area contributed by atoms with Crippen molar-refractivity contribution in [1.29, 1.82) is 5.26 Å². The predicted molar refractivity (Wildman–Crippen MR) is 115 cm³/mol. The van der Waals surface area contributed by atoms with Crippen LogP contribution < -0.4 is 14.9 Å². The highest BCUT2D eigenvalue weighted by Gasteiger charge is 2.04. The number of rotatable bonds is 8. The standard InChI is InChI=1S/C24H21N3O3/c1-2-29-22-12-10-21(11-13-22)24(28)27-26-16-20-4-3-5-23(14-20)30-17-19-8-6-18(15-25)7-9-19/h3-14,16H,2,17H2,1H3,(H,27,28)/b26-16-. The van der Waals surface area contributed by atoms with Gasteiger partial charge in [-0.25, -0.2) is 5.43 Å². The molecule has 0 fully saturated rings. The molecule has 30 heavy (non-hydrogen) atoms. The van der Waals surface area contributed by atoms with Gasteiger partial charge in [-0.15, -0.1) is 0 Å². The van der Waals surface area contributed by atoms with E-state index in [1.54, 1.807) is 42.6 Å². The molecule has 3 aromatic carbocycles. The Morgan fingerprint density at radius 2 is 1.80 bits per heavy atom. The van der Waals surface area contributed by atoms with E-state index >= 15 is 0 Å². The van der Waals surface area contributed by atoms with E-state index in [1.165, 1.54) is 0 Å². The lowest BCUT2D eigenvalue weighted by Gasteiger charge is -2.07. The molecule has 0 aliphatic carbocycles. The third-order valence-electron chi connectivity index (χ3n) is 4.15. The molecule has 0 heterocycles. The van der Waals surface area contributed by atoms with Gasteiger partial charge in [-0.2, -0.15) is 10.4 Å². The predicted octanol–water partition coefficient (Wildman–Crippen LogP) is 4.30. The fourth-order valence-electron chi connectivity index (χ4n) is 2.63. The second kappa shape index (κ2) is 10.4. The van der Waals surface area contributed by atoms with Crippen molar-refractivity contribution in [2.24, 2.45) is 5.10 Å². The topological polar surface area (TPSA) is 83.7 Å². The molecule has 150 valence electrons. The minimum atomic E-state index is -0.303. The zero-order chi connectivity index (χ0) is 21.2. The molecule has 1 amide bonds. The van der Waals surface area contributed by atoms with E-state index in [-0.39, 0.29) is 5.91 Å². The van der Waals surface area contributed by atoms with Crippen molar-refractivity contribution in [3.63, 3.8) is 0 Å². The van der Waals surface area contributed by atoms with Gasteiger partial charge in [0.2, 0.25) is 0 Å². The minimum absolute atomic E-state index is 0.303. The van der Waals surface area contributed by atoms with E-state index in [4.69, 9.17) is 14.7 Å². The summed E-state index contributed by atoms with van der Waals surface area (Å²) < 4.78 is 11.2. The SMILES string of the molecule is CCOc1ccc(C(=O)N/N=C\c2cccc(OCc3ccc(C#N)cc3)c2)cc1. The van der Waals surface area contributed by atoms with E-state index < -0.39 is 0 Å². The molecule has 6 nitrogen and oxygen atoms in total. The zero-order valence-electron chi connectivity index (χ0n) is 16.5. The van der Waals surface area contributed by atoms with Crippen molar-refractivity contribution in [3.05, 3.63) is 95.1 Å². The first-order chi connectivity index (χ1) is 14.7. The van der Waals surface area contributed by atoms with Crippen LogP contribution in [0, 0.1) is 11.3 Å². The van der Waals surface area contributed by atoms with Crippen LogP contribution in [0.25, 0.3) is 0 Å². The Hall–Kier alpha value is -4.11. The molecule has 6 heteroatoms. The average Bonchev–Trinajstić information content (AvgIpc) is 2.79. The summed E-state index contributed by atoms with van der Waals surface area (Å²) in [5.74, 6) is 1.10. The number of carbonyl (C=O) groups excluding carboxylic acids is 1. The van der Waals surface area contributed by atoms with Crippen molar-refractivity contribution < 1.29 is 14.3 Å². The highest BCUT2D eigenvalue weighted by atomic mass is 16.5. The zero-order valence-corrected chi connectivity index (χ0v) is 16.5. The summed E-state index contributed by atoms with van der Waals surface area (Å²) in [7, 11) is 0. The number of nitrogens with zero attached hydrogens (tertiary/aromatic N) is 2. The maximum absolute atomic E-state index is 12.2. The summed E-state index contributed by atoms with van der Waals surface area (Å²) in [6, 6.07) is 23.6. The van der Waals surface area contributed by atoms with E-state index in [0.29, 0.717) is 30.1 Å². The van der Waals surface area contributed by atoms with E-state index in [0.717, 1.165) is 16.9 Å². The molecule has 0 saturated carbocycles. The number of hydrogen-bond donors (Lipinski definition) is 1. The van der Waals surface area contributed by atoms with Gasteiger partial charge in [-0.05, 0) is 66.6 Å². The maximum atomic E-state index is 12.2. The molecule has 1 N–H and O–H groups in total. The van der Waals surface area contributed by atoms with Crippen LogP contribution in [0.15, 0.2) is 77.9 Å². The van der Waals surface area contributed by atoms with E-state index in [1.807, 2.05) is 43.3 Å². The van der Waals surface area contributed by atoms with Crippen molar-refractivity contribution in [2.75, 3.05) is 6.61 Å². The van der Waals surface area contributed by atoms with Gasteiger partial charge in [0.05, 0.1) is 24.5 Å². The lowest BCUT2D eigenvalue weighted by molar-refractivity contribution is 0.0955. The maximum Gasteiger partial charge on any atom is 0.271 e. The number of nitrogens with one attached hydrogen (secondary N) is 1. The van der Waals surface area contributed by atoms with E-state index in [9.17, 15) is 4.79 Å². The quantitative estimate of drug-likeness (QED) is 0.452. The fraction of sp³-hybridized carbons (Fsp3) is 0.125. The lowest BCUT2D eigenvalue weighted by Crippen LogP contribution is -2.17. The van der Waals surface area contributed by atoms with E-state index in [2.05, 4.69) is 16.6 Å². The lowest BCUT2D eigenvalue weighted by atomic mass is 10.1. The molecule has 0 aromatic heterocycles. The molecule has 0 aliphatic rings. The summed E-state index contributed by atoms with van der Waals surface area (Å²) in [6.45, 7) is 2.87.